The molecule has 3 aromatic rings. The summed E-state index contributed by atoms with van der Waals surface area (Å²) < 4.78 is 5.42. The molecule has 2 aromatic carbocycles. The number of hydrogen-bond acceptors (Lipinski definition) is 6. The minimum Gasteiger partial charge on any atom is -0.507 e. The van der Waals surface area contributed by atoms with Crippen molar-refractivity contribution in [3.05, 3.63) is 87.7 Å². The molecule has 0 radical (unpaired) electrons. The van der Waals surface area contributed by atoms with Gasteiger partial charge in [-0.3, -0.25) is 14.5 Å². The fraction of sp³-hybridized carbons (Fsp3) is 0.130. The minimum absolute atomic E-state index is 0.0245. The third kappa shape index (κ3) is 3.92. The number of hydrogen-bond donors (Lipinski definition) is 1. The number of aliphatic hydroxyl groups is 1. The quantitative estimate of drug-likeness (QED) is 0.327. The number of rotatable bonds is 5. The van der Waals surface area contributed by atoms with Gasteiger partial charge in [0.05, 0.1) is 28.3 Å². The van der Waals surface area contributed by atoms with Crippen LogP contribution in [0, 0.1) is 0 Å². The van der Waals surface area contributed by atoms with Gasteiger partial charge in [-0.05, 0) is 55.0 Å². The molecule has 1 N–H and O–H groups in total. The molecular weight excluding hydrogens is 453 g/mol. The summed E-state index contributed by atoms with van der Waals surface area (Å²) in [5.74, 6) is -1.42. The SMILES string of the molecule is CCOc1ccc(/C(O)=C2\C(=O)C(=O)N(c3ncccn3)C2c2ccc(Cl)c(Cl)c2)cc1. The Morgan fingerprint density at radius 3 is 2.38 bits per heavy atom. The first kappa shape index (κ1) is 21.8. The van der Waals surface area contributed by atoms with Crippen LogP contribution < -0.4 is 9.64 Å². The third-order valence-corrected chi connectivity index (χ3v) is 5.65. The molecule has 2 heterocycles. The maximum absolute atomic E-state index is 13.1. The standard InChI is InChI=1S/C23H17Cl2N3O4/c1-2-32-15-7-4-13(5-8-15)20(29)18-19(14-6-9-16(24)17(25)12-14)28(22(31)21(18)30)23-26-10-3-11-27-23/h3-12,19,29H,2H2,1H3/b20-18+. The van der Waals surface area contributed by atoms with Crippen molar-refractivity contribution in [1.29, 1.82) is 0 Å². The average Bonchev–Trinajstić information content (AvgIpc) is 3.07. The van der Waals surface area contributed by atoms with Crippen molar-refractivity contribution in [2.75, 3.05) is 11.5 Å². The molecule has 32 heavy (non-hydrogen) atoms. The Hall–Kier alpha value is -3.42. The van der Waals surface area contributed by atoms with Crippen molar-refractivity contribution in [2.24, 2.45) is 0 Å². The lowest BCUT2D eigenvalue weighted by atomic mass is 9.95. The topological polar surface area (TPSA) is 92.6 Å². The van der Waals surface area contributed by atoms with Crippen molar-refractivity contribution < 1.29 is 19.4 Å². The molecule has 7 nitrogen and oxygen atoms in total. The van der Waals surface area contributed by atoms with E-state index < -0.39 is 17.7 Å². The monoisotopic (exact) mass is 469 g/mol. The number of benzene rings is 2. The van der Waals surface area contributed by atoms with Gasteiger partial charge >= 0.3 is 5.91 Å². The smallest absolute Gasteiger partial charge is 0.302 e. The molecule has 162 valence electrons. The van der Waals surface area contributed by atoms with E-state index in [-0.39, 0.29) is 22.3 Å². The van der Waals surface area contributed by atoms with Crippen LogP contribution in [0.3, 0.4) is 0 Å². The molecule has 1 amide bonds. The Labute approximate surface area is 193 Å². The first-order valence-corrected chi connectivity index (χ1v) is 10.4. The lowest BCUT2D eigenvalue weighted by molar-refractivity contribution is -0.132. The van der Waals surface area contributed by atoms with Crippen molar-refractivity contribution in [2.45, 2.75) is 13.0 Å². The van der Waals surface area contributed by atoms with Crippen LogP contribution in [0.1, 0.15) is 24.1 Å². The second-order valence-corrected chi connectivity index (χ2v) is 7.66. The summed E-state index contributed by atoms with van der Waals surface area (Å²) in [6.07, 6.45) is 2.92. The number of amides is 1. The fourth-order valence-corrected chi connectivity index (χ4v) is 3.79. The van der Waals surface area contributed by atoms with Gasteiger partial charge in [0.1, 0.15) is 11.5 Å². The highest BCUT2D eigenvalue weighted by Gasteiger charge is 2.48. The second-order valence-electron chi connectivity index (χ2n) is 6.85. The normalized spacial score (nSPS) is 17.6. The van der Waals surface area contributed by atoms with Crippen molar-refractivity contribution in [3.63, 3.8) is 0 Å². The summed E-state index contributed by atoms with van der Waals surface area (Å²) in [6.45, 7) is 2.35. The molecule has 0 bridgehead atoms. The van der Waals surface area contributed by atoms with Gasteiger partial charge < -0.3 is 9.84 Å². The van der Waals surface area contributed by atoms with Gasteiger partial charge in [0.15, 0.2) is 0 Å². The summed E-state index contributed by atoms with van der Waals surface area (Å²) in [5, 5.41) is 11.6. The van der Waals surface area contributed by atoms with Gasteiger partial charge in [-0.15, -0.1) is 0 Å². The predicted octanol–water partition coefficient (Wildman–Crippen LogP) is 4.81. The molecule has 1 aliphatic rings. The second kappa shape index (κ2) is 8.98. The highest BCUT2D eigenvalue weighted by Crippen LogP contribution is 2.42. The number of carbonyl (C=O) groups is 2. The van der Waals surface area contributed by atoms with E-state index in [1.165, 1.54) is 12.4 Å². The lowest BCUT2D eigenvalue weighted by Crippen LogP contribution is -2.31. The number of ketones is 1. The van der Waals surface area contributed by atoms with Crippen molar-refractivity contribution in [1.82, 2.24) is 9.97 Å². The molecule has 1 fully saturated rings. The molecule has 0 spiro atoms. The van der Waals surface area contributed by atoms with E-state index in [4.69, 9.17) is 27.9 Å². The van der Waals surface area contributed by atoms with E-state index in [9.17, 15) is 14.7 Å². The number of aromatic nitrogens is 2. The Morgan fingerprint density at radius 2 is 1.75 bits per heavy atom. The van der Waals surface area contributed by atoms with Crippen LogP contribution in [0.25, 0.3) is 5.76 Å². The van der Waals surface area contributed by atoms with E-state index in [0.717, 1.165) is 4.90 Å². The molecular formula is C23H17Cl2N3O4. The number of nitrogens with zero attached hydrogens (tertiary/aromatic N) is 3. The summed E-state index contributed by atoms with van der Waals surface area (Å²) in [5.41, 5.74) is 0.717. The van der Waals surface area contributed by atoms with Gasteiger partial charge in [-0.25, -0.2) is 9.97 Å². The zero-order valence-corrected chi connectivity index (χ0v) is 18.3. The molecule has 1 aromatic heterocycles. The zero-order valence-electron chi connectivity index (χ0n) is 16.8. The minimum atomic E-state index is -1.00. The average molecular weight is 470 g/mol. The highest BCUT2D eigenvalue weighted by atomic mass is 35.5. The van der Waals surface area contributed by atoms with Crippen LogP contribution in [0.5, 0.6) is 5.75 Å². The van der Waals surface area contributed by atoms with Crippen LogP contribution in [0.4, 0.5) is 5.95 Å². The van der Waals surface area contributed by atoms with E-state index in [1.807, 2.05) is 6.92 Å². The third-order valence-electron chi connectivity index (χ3n) is 4.91. The lowest BCUT2D eigenvalue weighted by Gasteiger charge is -2.23. The summed E-state index contributed by atoms with van der Waals surface area (Å²) in [4.78, 5) is 35.4. The molecule has 1 unspecified atom stereocenters. The molecule has 9 heteroatoms. The first-order valence-electron chi connectivity index (χ1n) is 9.68. The van der Waals surface area contributed by atoms with E-state index in [0.29, 0.717) is 28.5 Å². The summed E-state index contributed by atoms with van der Waals surface area (Å²) >= 11 is 12.3. The Bertz CT molecular complexity index is 1210. The predicted molar refractivity (Wildman–Crippen MR) is 121 cm³/mol. The Balaban J connectivity index is 1.90. The van der Waals surface area contributed by atoms with E-state index in [2.05, 4.69) is 9.97 Å². The first-order chi connectivity index (χ1) is 15.4. The number of Topliss-reactive ketones (excluding diaryl/α,β-unsaturated/α-hetero) is 1. The van der Waals surface area contributed by atoms with Crippen molar-refractivity contribution >= 4 is 46.6 Å². The number of carbonyl (C=O) groups excluding carboxylic acids is 2. The van der Waals surface area contributed by atoms with Crippen LogP contribution in [0.2, 0.25) is 10.0 Å². The van der Waals surface area contributed by atoms with Crippen LogP contribution in [0.15, 0.2) is 66.5 Å². The van der Waals surface area contributed by atoms with Crippen LogP contribution >= 0.6 is 23.2 Å². The number of aliphatic hydroxyl groups excluding tert-OH is 1. The summed E-state index contributed by atoms with van der Waals surface area (Å²) in [6, 6.07) is 11.9. The molecule has 0 aliphatic carbocycles. The van der Waals surface area contributed by atoms with Gasteiger partial charge in [0, 0.05) is 18.0 Å². The summed E-state index contributed by atoms with van der Waals surface area (Å²) in [7, 11) is 0. The number of halogens is 2. The molecule has 1 aliphatic heterocycles. The highest BCUT2D eigenvalue weighted by molar-refractivity contribution is 6.51. The Kier molecular flexibility index (Phi) is 6.12. The van der Waals surface area contributed by atoms with Crippen LogP contribution in [-0.2, 0) is 9.59 Å². The number of ether oxygens (including phenoxy) is 1. The van der Waals surface area contributed by atoms with Crippen LogP contribution in [-0.4, -0.2) is 33.4 Å². The molecule has 1 atom stereocenters. The maximum atomic E-state index is 13.1. The largest absolute Gasteiger partial charge is 0.507 e. The van der Waals surface area contributed by atoms with Gasteiger partial charge in [0.25, 0.3) is 5.78 Å². The van der Waals surface area contributed by atoms with E-state index in [1.54, 1.807) is 48.5 Å². The molecule has 4 rings (SSSR count). The van der Waals surface area contributed by atoms with E-state index >= 15 is 0 Å². The molecule has 0 saturated carbocycles. The Morgan fingerprint density at radius 1 is 1.06 bits per heavy atom. The van der Waals surface area contributed by atoms with Gasteiger partial charge in [-0.1, -0.05) is 29.3 Å². The molecule has 1 saturated heterocycles. The maximum Gasteiger partial charge on any atom is 0.302 e. The van der Waals surface area contributed by atoms with Crippen molar-refractivity contribution in [3.8, 4) is 5.75 Å². The fourth-order valence-electron chi connectivity index (χ4n) is 3.48. The number of anilines is 1. The zero-order chi connectivity index (χ0) is 22.8. The van der Waals surface area contributed by atoms with Gasteiger partial charge in [-0.2, -0.15) is 0 Å². The van der Waals surface area contributed by atoms with Gasteiger partial charge in [0.2, 0.25) is 5.95 Å².